The molecular weight excluding hydrogens is 262 g/mol. The Hall–Kier alpha value is -1.66. The van der Waals surface area contributed by atoms with Crippen molar-refractivity contribution < 1.29 is 9.90 Å². The number of rotatable bonds is 3. The second kappa shape index (κ2) is 4.68. The van der Waals surface area contributed by atoms with E-state index in [1.165, 1.54) is 23.5 Å². The van der Waals surface area contributed by atoms with Gasteiger partial charge in [-0.05, 0) is 19.1 Å². The zero-order valence-corrected chi connectivity index (χ0v) is 10.3. The maximum atomic E-state index is 10.8. The van der Waals surface area contributed by atoms with Crippen LogP contribution in [-0.4, -0.2) is 21.0 Å². The topological polar surface area (TPSA) is 75.1 Å². The summed E-state index contributed by atoms with van der Waals surface area (Å²) in [6, 6.07) is 2.70. The number of hydrogen-bond donors (Lipinski definition) is 2. The zero-order chi connectivity index (χ0) is 12.4. The lowest BCUT2D eigenvalue weighted by atomic mass is 10.2. The first kappa shape index (κ1) is 11.8. The number of thiazole rings is 1. The van der Waals surface area contributed by atoms with Crippen LogP contribution in [0.25, 0.3) is 0 Å². The summed E-state index contributed by atoms with van der Waals surface area (Å²) in [4.78, 5) is 20.0. The summed E-state index contributed by atoms with van der Waals surface area (Å²) in [7, 11) is 0. The average molecular weight is 270 g/mol. The van der Waals surface area contributed by atoms with E-state index in [0.29, 0.717) is 10.9 Å². The molecule has 0 saturated carbocycles. The Morgan fingerprint density at radius 3 is 2.88 bits per heavy atom. The monoisotopic (exact) mass is 269 g/mol. The van der Waals surface area contributed by atoms with Crippen LogP contribution < -0.4 is 5.32 Å². The molecule has 2 rings (SSSR count). The molecule has 17 heavy (non-hydrogen) atoms. The number of aromatic nitrogens is 2. The minimum atomic E-state index is -1.05. The summed E-state index contributed by atoms with van der Waals surface area (Å²) < 4.78 is 0. The van der Waals surface area contributed by atoms with E-state index >= 15 is 0 Å². The van der Waals surface area contributed by atoms with Gasteiger partial charge in [0.1, 0.15) is 11.0 Å². The van der Waals surface area contributed by atoms with Gasteiger partial charge in [0.05, 0.1) is 5.56 Å². The molecule has 0 amide bonds. The predicted octanol–water partition coefficient (Wildman–Crippen LogP) is 2.94. The first-order chi connectivity index (χ1) is 8.04. The van der Waals surface area contributed by atoms with Crippen LogP contribution in [0.5, 0.6) is 0 Å². The highest BCUT2D eigenvalue weighted by molar-refractivity contribution is 7.15. The number of pyridine rings is 1. The summed E-state index contributed by atoms with van der Waals surface area (Å²) in [5.41, 5.74) is 0.0841. The Labute approximate surface area is 106 Å². The van der Waals surface area contributed by atoms with Gasteiger partial charge in [-0.3, -0.25) is 0 Å². The Morgan fingerprint density at radius 2 is 2.29 bits per heavy atom. The van der Waals surface area contributed by atoms with E-state index in [4.69, 9.17) is 16.7 Å². The molecule has 0 aliphatic rings. The molecule has 88 valence electrons. The van der Waals surface area contributed by atoms with Crippen LogP contribution in [0.15, 0.2) is 18.3 Å². The third-order valence-corrected chi connectivity index (χ3v) is 2.92. The second-order valence-corrected chi connectivity index (χ2v) is 4.89. The summed E-state index contributed by atoms with van der Waals surface area (Å²) in [6.07, 6.45) is 1.72. The van der Waals surface area contributed by atoms with Crippen LogP contribution in [0.4, 0.5) is 10.9 Å². The minimum absolute atomic E-state index is 0.0841. The van der Waals surface area contributed by atoms with Gasteiger partial charge < -0.3 is 10.4 Å². The number of carbonyl (C=O) groups is 1. The maximum absolute atomic E-state index is 10.8. The van der Waals surface area contributed by atoms with E-state index < -0.39 is 5.97 Å². The molecule has 2 aromatic rings. The smallest absolute Gasteiger partial charge is 0.335 e. The number of anilines is 2. The fourth-order valence-corrected chi connectivity index (χ4v) is 2.09. The number of aryl methyl sites for hydroxylation is 1. The molecule has 2 aromatic heterocycles. The van der Waals surface area contributed by atoms with Crippen molar-refractivity contribution in [3.8, 4) is 0 Å². The quantitative estimate of drug-likeness (QED) is 0.838. The molecule has 2 heterocycles. The van der Waals surface area contributed by atoms with Gasteiger partial charge in [-0.1, -0.05) is 11.6 Å². The van der Waals surface area contributed by atoms with Gasteiger partial charge in [0, 0.05) is 11.1 Å². The molecule has 2 N–H and O–H groups in total. The number of carboxylic acid groups (broad SMARTS) is 1. The number of aromatic carboxylic acids is 1. The predicted molar refractivity (Wildman–Crippen MR) is 66.3 cm³/mol. The lowest BCUT2D eigenvalue weighted by Crippen LogP contribution is -2.00. The van der Waals surface area contributed by atoms with Gasteiger partial charge in [-0.2, -0.15) is 0 Å². The molecule has 0 atom stereocenters. The first-order valence-corrected chi connectivity index (χ1v) is 5.84. The van der Waals surface area contributed by atoms with Crippen LogP contribution in [0.2, 0.25) is 5.15 Å². The summed E-state index contributed by atoms with van der Waals surface area (Å²) in [6.45, 7) is 1.93. The number of carboxylic acids is 1. The van der Waals surface area contributed by atoms with Gasteiger partial charge >= 0.3 is 5.97 Å². The maximum Gasteiger partial charge on any atom is 0.335 e. The fraction of sp³-hybridized carbons (Fsp3) is 0.100. The molecule has 0 fully saturated rings. The SMILES string of the molecule is Cc1cnc(Nc2cc(C(=O)O)cc(Cl)n2)s1. The fourth-order valence-electron chi connectivity index (χ4n) is 1.21. The van der Waals surface area contributed by atoms with Crippen molar-refractivity contribution in [3.63, 3.8) is 0 Å². The zero-order valence-electron chi connectivity index (χ0n) is 8.77. The Balaban J connectivity index is 2.29. The molecule has 5 nitrogen and oxygen atoms in total. The van der Waals surface area contributed by atoms with E-state index in [1.54, 1.807) is 6.20 Å². The van der Waals surface area contributed by atoms with Crippen molar-refractivity contribution in [1.29, 1.82) is 0 Å². The Bertz CT molecular complexity index is 570. The van der Waals surface area contributed by atoms with Gasteiger partial charge in [-0.15, -0.1) is 11.3 Å². The molecule has 0 saturated heterocycles. The Morgan fingerprint density at radius 1 is 1.53 bits per heavy atom. The molecule has 0 unspecified atom stereocenters. The third kappa shape index (κ3) is 2.92. The number of halogens is 1. The summed E-state index contributed by atoms with van der Waals surface area (Å²) >= 11 is 7.18. The summed E-state index contributed by atoms with van der Waals surface area (Å²) in [5.74, 6) is -0.683. The highest BCUT2D eigenvalue weighted by Gasteiger charge is 2.08. The molecule has 0 aromatic carbocycles. The molecule has 0 radical (unpaired) electrons. The van der Waals surface area contributed by atoms with Crippen LogP contribution in [0.1, 0.15) is 15.2 Å². The van der Waals surface area contributed by atoms with Crippen molar-refractivity contribution in [2.75, 3.05) is 5.32 Å². The standard InChI is InChI=1S/C10H8ClN3O2S/c1-5-4-12-10(17-5)14-8-3-6(9(15)16)2-7(11)13-8/h2-4H,1H3,(H,15,16)(H,12,13,14). The van der Waals surface area contributed by atoms with E-state index in [2.05, 4.69) is 15.3 Å². The average Bonchev–Trinajstić information content (AvgIpc) is 2.63. The molecular formula is C10H8ClN3O2S. The Kier molecular flexibility index (Phi) is 3.26. The van der Waals surface area contributed by atoms with Crippen molar-refractivity contribution >= 4 is 39.9 Å². The van der Waals surface area contributed by atoms with Crippen LogP contribution >= 0.6 is 22.9 Å². The van der Waals surface area contributed by atoms with E-state index in [9.17, 15) is 4.79 Å². The highest BCUT2D eigenvalue weighted by atomic mass is 35.5. The number of hydrogen-bond acceptors (Lipinski definition) is 5. The third-order valence-electron chi connectivity index (χ3n) is 1.90. The first-order valence-electron chi connectivity index (χ1n) is 4.65. The van der Waals surface area contributed by atoms with E-state index in [-0.39, 0.29) is 10.7 Å². The molecule has 0 aliphatic carbocycles. The minimum Gasteiger partial charge on any atom is -0.478 e. The van der Waals surface area contributed by atoms with Crippen LogP contribution in [0, 0.1) is 6.92 Å². The number of nitrogens with zero attached hydrogens (tertiary/aromatic N) is 2. The number of nitrogens with one attached hydrogen (secondary N) is 1. The lowest BCUT2D eigenvalue weighted by Gasteiger charge is -2.03. The van der Waals surface area contributed by atoms with Gasteiger partial charge in [0.15, 0.2) is 5.13 Å². The van der Waals surface area contributed by atoms with Gasteiger partial charge in [0.25, 0.3) is 0 Å². The highest BCUT2D eigenvalue weighted by Crippen LogP contribution is 2.22. The molecule has 0 bridgehead atoms. The molecule has 0 spiro atoms. The van der Waals surface area contributed by atoms with Crippen LogP contribution in [0.3, 0.4) is 0 Å². The van der Waals surface area contributed by atoms with Gasteiger partial charge in [-0.25, -0.2) is 14.8 Å². The van der Waals surface area contributed by atoms with E-state index in [0.717, 1.165) is 4.88 Å². The van der Waals surface area contributed by atoms with E-state index in [1.807, 2.05) is 6.92 Å². The van der Waals surface area contributed by atoms with Crippen LogP contribution in [-0.2, 0) is 0 Å². The molecule has 0 aliphatic heterocycles. The largest absolute Gasteiger partial charge is 0.478 e. The summed E-state index contributed by atoms with van der Waals surface area (Å²) in [5, 5.41) is 12.6. The van der Waals surface area contributed by atoms with Crippen molar-refractivity contribution in [1.82, 2.24) is 9.97 Å². The van der Waals surface area contributed by atoms with Gasteiger partial charge in [0.2, 0.25) is 0 Å². The second-order valence-electron chi connectivity index (χ2n) is 3.27. The van der Waals surface area contributed by atoms with Crippen molar-refractivity contribution in [3.05, 3.63) is 33.9 Å². The molecule has 7 heteroatoms. The lowest BCUT2D eigenvalue weighted by molar-refractivity contribution is 0.0697. The van der Waals surface area contributed by atoms with Crippen molar-refractivity contribution in [2.24, 2.45) is 0 Å². The normalized spacial score (nSPS) is 10.2. The van der Waals surface area contributed by atoms with Crippen molar-refractivity contribution in [2.45, 2.75) is 6.92 Å².